The first-order valence-corrected chi connectivity index (χ1v) is 12.3. The fourth-order valence-electron chi connectivity index (χ4n) is 5.36. The second kappa shape index (κ2) is 9.85. The first kappa shape index (κ1) is 26.7. The van der Waals surface area contributed by atoms with Gasteiger partial charge in [-0.05, 0) is 67.7 Å². The first-order valence-electron chi connectivity index (χ1n) is 12.3. The summed E-state index contributed by atoms with van der Waals surface area (Å²) in [5.74, 6) is -1.11. The molecule has 1 fully saturated rings. The summed E-state index contributed by atoms with van der Waals surface area (Å²) < 4.78 is 48.4. The van der Waals surface area contributed by atoms with Crippen molar-refractivity contribution >= 4 is 23.1 Å². The molecule has 0 unspecified atom stereocenters. The molecule has 0 radical (unpaired) electrons. The normalized spacial score (nSPS) is 21.3. The summed E-state index contributed by atoms with van der Waals surface area (Å²) in [5, 5.41) is 7.31. The number of esters is 1. The fraction of sp³-hybridized carbons (Fsp3) is 0.500. The molecule has 2 aliphatic rings. The van der Waals surface area contributed by atoms with E-state index < -0.39 is 23.7 Å². The number of allylic oxidation sites excluding steroid dienone is 1. The highest BCUT2D eigenvalue weighted by Gasteiger charge is 2.43. The topological polar surface area (TPSA) is 125 Å². The average molecular weight is 520 g/mol. The largest absolute Gasteiger partial charge is 0.461 e. The van der Waals surface area contributed by atoms with E-state index in [-0.39, 0.29) is 35.2 Å². The van der Waals surface area contributed by atoms with Crippen LogP contribution < -0.4 is 16.8 Å². The molecule has 0 aliphatic heterocycles. The Balaban J connectivity index is 1.68. The SMILES string of the molecule is C=C1CC(C)(C)Cc2c1c(C(F)(F)F)nn2-c1ccc(C(N)=O)c(N[C@H]2CC[C@H](OC(=O)CN)CC2)c1. The maximum absolute atomic E-state index is 13.9. The number of fused-ring (bicyclic) bond motifs is 1. The van der Waals surface area contributed by atoms with E-state index in [1.165, 1.54) is 10.7 Å². The van der Waals surface area contributed by atoms with E-state index in [0.717, 1.165) is 0 Å². The molecular weight excluding hydrogens is 487 g/mol. The number of rotatable bonds is 6. The number of carbonyl (C=O) groups is 2. The van der Waals surface area contributed by atoms with E-state index in [2.05, 4.69) is 17.0 Å². The molecule has 8 nitrogen and oxygen atoms in total. The molecule has 1 heterocycles. The minimum absolute atomic E-state index is 0.0443. The van der Waals surface area contributed by atoms with Crippen LogP contribution in [0.3, 0.4) is 0 Å². The zero-order valence-corrected chi connectivity index (χ0v) is 21.0. The second-order valence-electron chi connectivity index (χ2n) is 10.6. The molecule has 1 amide bonds. The highest BCUT2D eigenvalue weighted by atomic mass is 19.4. The first-order chi connectivity index (χ1) is 17.3. The Labute approximate surface area is 213 Å². The Morgan fingerprint density at radius 1 is 1.22 bits per heavy atom. The van der Waals surface area contributed by atoms with Crippen LogP contribution in [0.5, 0.6) is 0 Å². The number of aromatic nitrogens is 2. The van der Waals surface area contributed by atoms with Gasteiger partial charge in [-0.3, -0.25) is 9.59 Å². The Morgan fingerprint density at radius 3 is 2.49 bits per heavy atom. The van der Waals surface area contributed by atoms with Crippen LogP contribution in [0, 0.1) is 5.41 Å². The van der Waals surface area contributed by atoms with Crippen LogP contribution in [0.1, 0.15) is 73.3 Å². The number of anilines is 1. The molecule has 37 heavy (non-hydrogen) atoms. The van der Waals surface area contributed by atoms with Gasteiger partial charge in [-0.25, -0.2) is 4.68 Å². The van der Waals surface area contributed by atoms with Gasteiger partial charge in [0.25, 0.3) is 5.91 Å². The minimum Gasteiger partial charge on any atom is -0.461 e. The second-order valence-corrected chi connectivity index (χ2v) is 10.6. The lowest BCUT2D eigenvalue weighted by atomic mass is 9.74. The van der Waals surface area contributed by atoms with Crippen LogP contribution in [-0.4, -0.2) is 40.3 Å². The highest BCUT2D eigenvalue weighted by Crippen LogP contribution is 2.46. The number of carbonyl (C=O) groups excluding carboxylic acids is 2. The van der Waals surface area contributed by atoms with Crippen molar-refractivity contribution in [2.45, 2.75) is 70.7 Å². The average Bonchev–Trinajstić information content (AvgIpc) is 3.19. The van der Waals surface area contributed by atoms with Crippen LogP contribution in [0.2, 0.25) is 0 Å². The van der Waals surface area contributed by atoms with Gasteiger partial charge < -0.3 is 21.5 Å². The van der Waals surface area contributed by atoms with Crippen molar-refractivity contribution in [2.24, 2.45) is 16.9 Å². The lowest BCUT2D eigenvalue weighted by Gasteiger charge is -2.32. The summed E-state index contributed by atoms with van der Waals surface area (Å²) in [6, 6.07) is 4.61. The Morgan fingerprint density at radius 2 is 1.89 bits per heavy atom. The number of primary amides is 1. The summed E-state index contributed by atoms with van der Waals surface area (Å²) in [6.07, 6.45) is -1.48. The van der Waals surface area contributed by atoms with E-state index in [1.54, 1.807) is 12.1 Å². The van der Waals surface area contributed by atoms with Crippen LogP contribution >= 0.6 is 0 Å². The summed E-state index contributed by atoms with van der Waals surface area (Å²) in [6.45, 7) is 7.72. The number of amides is 1. The van der Waals surface area contributed by atoms with Gasteiger partial charge in [-0.2, -0.15) is 18.3 Å². The zero-order valence-electron chi connectivity index (χ0n) is 21.0. The molecule has 1 aromatic carbocycles. The summed E-state index contributed by atoms with van der Waals surface area (Å²) in [7, 11) is 0. The molecular formula is C26H32F3N5O3. The predicted octanol–water partition coefficient (Wildman–Crippen LogP) is 4.20. The number of nitrogens with zero attached hydrogens (tertiary/aromatic N) is 2. The number of benzene rings is 1. The molecule has 11 heteroatoms. The molecule has 200 valence electrons. The number of hydrogen-bond acceptors (Lipinski definition) is 6. The summed E-state index contributed by atoms with van der Waals surface area (Å²) in [4.78, 5) is 23.6. The lowest BCUT2D eigenvalue weighted by molar-refractivity contribution is -0.148. The Hall–Kier alpha value is -3.34. The molecule has 1 aromatic heterocycles. The zero-order chi connectivity index (χ0) is 27.1. The molecule has 0 atom stereocenters. The highest BCUT2D eigenvalue weighted by molar-refractivity contribution is 5.99. The third kappa shape index (κ3) is 5.66. The minimum atomic E-state index is -4.64. The number of hydrogen-bond donors (Lipinski definition) is 3. The van der Waals surface area contributed by atoms with Crippen LogP contribution in [0.25, 0.3) is 11.3 Å². The summed E-state index contributed by atoms with van der Waals surface area (Å²) in [5.41, 5.74) is 11.6. The lowest BCUT2D eigenvalue weighted by Crippen LogP contribution is -2.33. The van der Waals surface area contributed by atoms with Crippen LogP contribution in [-0.2, 0) is 22.1 Å². The molecule has 0 saturated heterocycles. The smallest absolute Gasteiger partial charge is 0.435 e. The van der Waals surface area contributed by atoms with Gasteiger partial charge in [-0.15, -0.1) is 0 Å². The molecule has 5 N–H and O–H groups in total. The van der Waals surface area contributed by atoms with Crippen molar-refractivity contribution in [3.8, 4) is 5.69 Å². The van der Waals surface area contributed by atoms with Gasteiger partial charge in [0.05, 0.1) is 23.5 Å². The van der Waals surface area contributed by atoms with Gasteiger partial charge in [-0.1, -0.05) is 20.4 Å². The molecule has 0 spiro atoms. The van der Waals surface area contributed by atoms with E-state index in [9.17, 15) is 22.8 Å². The van der Waals surface area contributed by atoms with Crippen molar-refractivity contribution in [3.63, 3.8) is 0 Å². The van der Waals surface area contributed by atoms with Crippen LogP contribution in [0.15, 0.2) is 24.8 Å². The van der Waals surface area contributed by atoms with E-state index in [0.29, 0.717) is 61.2 Å². The van der Waals surface area contributed by atoms with E-state index >= 15 is 0 Å². The maximum Gasteiger partial charge on any atom is 0.435 e. The quantitative estimate of drug-likeness (QED) is 0.491. The number of alkyl halides is 3. The fourth-order valence-corrected chi connectivity index (χ4v) is 5.36. The van der Waals surface area contributed by atoms with Gasteiger partial charge in [0, 0.05) is 17.3 Å². The van der Waals surface area contributed by atoms with Crippen LogP contribution in [0.4, 0.5) is 18.9 Å². The van der Waals surface area contributed by atoms with Crippen molar-refractivity contribution in [1.29, 1.82) is 0 Å². The third-order valence-corrected chi connectivity index (χ3v) is 6.95. The van der Waals surface area contributed by atoms with Crippen molar-refractivity contribution in [3.05, 3.63) is 47.3 Å². The number of nitrogens with two attached hydrogens (primary N) is 2. The number of ether oxygens (including phenoxy) is 1. The van der Waals surface area contributed by atoms with E-state index in [4.69, 9.17) is 16.2 Å². The molecule has 1 saturated carbocycles. The molecule has 0 bridgehead atoms. The maximum atomic E-state index is 13.9. The molecule has 4 rings (SSSR count). The standard InChI is InChI=1S/C26H32F3N5O3/c1-14-11-25(2,3)12-20-22(14)23(26(27,28)29)33-34(20)16-6-9-18(24(31)36)19(10-16)32-15-4-7-17(8-5-15)37-21(35)13-30/h6,9-10,15,17,32H,1,4-5,7-8,11-13,30H2,2-3H3,(H2,31,36)/t15-,17-. The Bertz CT molecular complexity index is 1230. The van der Waals surface area contributed by atoms with Gasteiger partial charge in [0.1, 0.15) is 6.10 Å². The predicted molar refractivity (Wildman–Crippen MR) is 133 cm³/mol. The summed E-state index contributed by atoms with van der Waals surface area (Å²) >= 11 is 0. The number of halogens is 3. The van der Waals surface area contributed by atoms with E-state index in [1.807, 2.05) is 13.8 Å². The Kier molecular flexibility index (Phi) is 7.11. The molecule has 2 aliphatic carbocycles. The van der Waals surface area contributed by atoms with Crippen molar-refractivity contribution < 1.29 is 27.5 Å². The van der Waals surface area contributed by atoms with Gasteiger partial charge >= 0.3 is 12.1 Å². The van der Waals surface area contributed by atoms with Gasteiger partial charge in [0.2, 0.25) is 0 Å². The third-order valence-electron chi connectivity index (χ3n) is 6.95. The molecule has 2 aromatic rings. The monoisotopic (exact) mass is 519 g/mol. The van der Waals surface area contributed by atoms with Crippen molar-refractivity contribution in [1.82, 2.24) is 9.78 Å². The van der Waals surface area contributed by atoms with Gasteiger partial charge in [0.15, 0.2) is 5.69 Å². The number of nitrogens with one attached hydrogen (secondary N) is 1. The van der Waals surface area contributed by atoms with Crippen molar-refractivity contribution in [2.75, 3.05) is 11.9 Å².